The van der Waals surface area contributed by atoms with Crippen LogP contribution in [-0.4, -0.2) is 39.6 Å². The van der Waals surface area contributed by atoms with E-state index in [0.29, 0.717) is 18.3 Å². The predicted octanol–water partition coefficient (Wildman–Crippen LogP) is 1.63. The minimum absolute atomic E-state index is 0.108. The lowest BCUT2D eigenvalue weighted by Crippen LogP contribution is -2.15. The zero-order chi connectivity index (χ0) is 14.8. The molecule has 0 bridgehead atoms. The molecular formula is C13H20N2O4S. The maximum atomic E-state index is 11.2. The molecule has 0 unspecified atom stereocenters. The third kappa shape index (κ3) is 6.72. The van der Waals surface area contributed by atoms with Crippen LogP contribution in [0.1, 0.15) is 26.2 Å². The number of aromatic nitrogens is 2. The van der Waals surface area contributed by atoms with Crippen LogP contribution in [0.25, 0.3) is 0 Å². The zero-order valence-electron chi connectivity index (χ0n) is 11.6. The normalized spacial score (nSPS) is 10.7. The number of rotatable bonds is 10. The van der Waals surface area contributed by atoms with Crippen molar-refractivity contribution >= 4 is 17.7 Å². The van der Waals surface area contributed by atoms with E-state index in [1.807, 2.05) is 0 Å². The first-order chi connectivity index (χ1) is 9.63. The number of ether oxygens (including phenoxy) is 1. The SMILES string of the molecule is CCCCOCCCn1ccc(=O)nc1SCC(=O)O. The smallest absolute Gasteiger partial charge is 0.313 e. The highest BCUT2D eigenvalue weighted by molar-refractivity contribution is 7.99. The number of aryl methyl sites for hydroxylation is 1. The molecule has 0 radical (unpaired) electrons. The average molecular weight is 300 g/mol. The standard InChI is InChI=1S/C13H20N2O4S/c1-2-3-8-19-9-4-6-15-7-5-11(16)14-13(15)20-10-12(17)18/h5,7H,2-4,6,8-10H2,1H3,(H,17,18). The van der Waals surface area contributed by atoms with Crippen LogP contribution in [0.3, 0.4) is 0 Å². The van der Waals surface area contributed by atoms with Gasteiger partial charge >= 0.3 is 5.97 Å². The molecule has 0 saturated heterocycles. The van der Waals surface area contributed by atoms with Crippen molar-refractivity contribution in [2.75, 3.05) is 19.0 Å². The number of carboxylic acids is 1. The fourth-order valence-electron chi connectivity index (χ4n) is 1.51. The second kappa shape index (κ2) is 9.55. The zero-order valence-corrected chi connectivity index (χ0v) is 12.4. The van der Waals surface area contributed by atoms with Gasteiger partial charge in [-0.2, -0.15) is 4.98 Å². The molecule has 0 atom stereocenters. The Kier molecular flexibility index (Phi) is 7.98. The summed E-state index contributed by atoms with van der Waals surface area (Å²) < 4.78 is 7.25. The molecule has 0 aliphatic rings. The molecule has 1 aromatic rings. The average Bonchev–Trinajstić information content (AvgIpc) is 2.42. The molecule has 0 saturated carbocycles. The van der Waals surface area contributed by atoms with Crippen LogP contribution in [0.15, 0.2) is 22.2 Å². The topological polar surface area (TPSA) is 81.4 Å². The van der Waals surface area contributed by atoms with Crippen LogP contribution in [0.4, 0.5) is 0 Å². The van der Waals surface area contributed by atoms with Gasteiger partial charge in [-0.15, -0.1) is 0 Å². The lowest BCUT2D eigenvalue weighted by molar-refractivity contribution is -0.133. The van der Waals surface area contributed by atoms with Gasteiger partial charge in [0.05, 0.1) is 5.75 Å². The number of hydrogen-bond acceptors (Lipinski definition) is 5. The summed E-state index contributed by atoms with van der Waals surface area (Å²) in [6, 6.07) is 1.38. The molecule has 6 nitrogen and oxygen atoms in total. The molecule has 1 heterocycles. The maximum Gasteiger partial charge on any atom is 0.313 e. The third-order valence-corrected chi connectivity index (χ3v) is 3.48. The summed E-state index contributed by atoms with van der Waals surface area (Å²) in [5, 5.41) is 9.11. The van der Waals surface area contributed by atoms with E-state index < -0.39 is 5.97 Å². The molecule has 0 aliphatic heterocycles. The molecule has 1 N–H and O–H groups in total. The van der Waals surface area contributed by atoms with E-state index in [1.165, 1.54) is 6.07 Å². The van der Waals surface area contributed by atoms with Gasteiger partial charge in [-0.05, 0) is 12.8 Å². The number of aliphatic carboxylic acids is 1. The summed E-state index contributed by atoms with van der Waals surface area (Å²) in [5.41, 5.74) is -0.353. The molecule has 1 rings (SSSR count). The second-order valence-electron chi connectivity index (χ2n) is 4.24. The van der Waals surface area contributed by atoms with Crippen molar-refractivity contribution < 1.29 is 14.6 Å². The van der Waals surface area contributed by atoms with Crippen molar-refractivity contribution in [2.24, 2.45) is 0 Å². The minimum atomic E-state index is -0.928. The number of hydrogen-bond donors (Lipinski definition) is 1. The number of nitrogens with zero attached hydrogens (tertiary/aromatic N) is 2. The fourth-order valence-corrected chi connectivity index (χ4v) is 2.24. The Labute approximate surface area is 122 Å². The first-order valence-corrected chi connectivity index (χ1v) is 7.62. The Morgan fingerprint density at radius 2 is 2.20 bits per heavy atom. The Balaban J connectivity index is 2.47. The molecule has 0 amide bonds. The van der Waals surface area contributed by atoms with Gasteiger partial charge < -0.3 is 14.4 Å². The van der Waals surface area contributed by atoms with Crippen LogP contribution >= 0.6 is 11.8 Å². The molecule has 7 heteroatoms. The Bertz CT molecular complexity index is 476. The highest BCUT2D eigenvalue weighted by Gasteiger charge is 2.06. The second-order valence-corrected chi connectivity index (χ2v) is 5.19. The van der Waals surface area contributed by atoms with Crippen molar-refractivity contribution in [3.05, 3.63) is 22.6 Å². The van der Waals surface area contributed by atoms with Crippen molar-refractivity contribution in [3.8, 4) is 0 Å². The monoisotopic (exact) mass is 300 g/mol. The van der Waals surface area contributed by atoms with E-state index in [0.717, 1.165) is 37.6 Å². The van der Waals surface area contributed by atoms with Gasteiger partial charge in [0, 0.05) is 32.0 Å². The van der Waals surface area contributed by atoms with Gasteiger partial charge in [-0.1, -0.05) is 25.1 Å². The van der Waals surface area contributed by atoms with Crippen molar-refractivity contribution in [2.45, 2.75) is 37.9 Å². The number of carbonyl (C=O) groups is 1. The third-order valence-electron chi connectivity index (χ3n) is 2.50. The molecule has 0 spiro atoms. The Hall–Kier alpha value is -1.34. The van der Waals surface area contributed by atoms with Gasteiger partial charge in [0.1, 0.15) is 0 Å². The van der Waals surface area contributed by atoms with E-state index >= 15 is 0 Å². The molecule has 1 aromatic heterocycles. The van der Waals surface area contributed by atoms with Crippen molar-refractivity contribution in [1.82, 2.24) is 9.55 Å². The summed E-state index contributed by atoms with van der Waals surface area (Å²) in [5.74, 6) is -1.04. The van der Waals surface area contributed by atoms with E-state index in [1.54, 1.807) is 10.8 Å². The number of thioether (sulfide) groups is 1. The van der Waals surface area contributed by atoms with Gasteiger partial charge in [0.2, 0.25) is 0 Å². The molecule has 20 heavy (non-hydrogen) atoms. The van der Waals surface area contributed by atoms with Gasteiger partial charge in [-0.25, -0.2) is 0 Å². The van der Waals surface area contributed by atoms with E-state index in [-0.39, 0.29) is 11.3 Å². The van der Waals surface area contributed by atoms with Crippen LogP contribution in [0.5, 0.6) is 0 Å². The van der Waals surface area contributed by atoms with Crippen LogP contribution in [-0.2, 0) is 16.1 Å². The van der Waals surface area contributed by atoms with Gasteiger partial charge in [0.15, 0.2) is 5.16 Å². The van der Waals surface area contributed by atoms with Crippen LogP contribution in [0.2, 0.25) is 0 Å². The van der Waals surface area contributed by atoms with Crippen molar-refractivity contribution in [3.63, 3.8) is 0 Å². The molecule has 0 fully saturated rings. The number of carboxylic acid groups (broad SMARTS) is 1. The van der Waals surface area contributed by atoms with E-state index in [9.17, 15) is 9.59 Å². The molecule has 0 aliphatic carbocycles. The molecule has 0 aromatic carbocycles. The van der Waals surface area contributed by atoms with Gasteiger partial charge in [0.25, 0.3) is 5.56 Å². The van der Waals surface area contributed by atoms with Gasteiger partial charge in [-0.3, -0.25) is 9.59 Å². The molecular weight excluding hydrogens is 280 g/mol. The fraction of sp³-hybridized carbons (Fsp3) is 0.615. The van der Waals surface area contributed by atoms with Crippen molar-refractivity contribution in [1.29, 1.82) is 0 Å². The highest BCUT2D eigenvalue weighted by atomic mass is 32.2. The maximum absolute atomic E-state index is 11.2. The summed E-state index contributed by atoms with van der Waals surface area (Å²) >= 11 is 1.05. The Morgan fingerprint density at radius 3 is 2.90 bits per heavy atom. The van der Waals surface area contributed by atoms with Crippen LogP contribution in [0, 0.1) is 0 Å². The minimum Gasteiger partial charge on any atom is -0.481 e. The van der Waals surface area contributed by atoms with E-state index in [2.05, 4.69) is 11.9 Å². The summed E-state index contributed by atoms with van der Waals surface area (Å²) in [6.07, 6.45) is 4.61. The number of unbranched alkanes of at least 4 members (excludes halogenated alkanes) is 1. The Morgan fingerprint density at radius 1 is 1.45 bits per heavy atom. The lowest BCUT2D eigenvalue weighted by atomic mass is 10.3. The van der Waals surface area contributed by atoms with Crippen LogP contribution < -0.4 is 5.56 Å². The quantitative estimate of drug-likeness (QED) is 0.402. The predicted molar refractivity (Wildman–Crippen MR) is 77.2 cm³/mol. The summed E-state index contributed by atoms with van der Waals surface area (Å²) in [4.78, 5) is 25.6. The lowest BCUT2D eigenvalue weighted by Gasteiger charge is -2.10. The first-order valence-electron chi connectivity index (χ1n) is 6.63. The highest BCUT2D eigenvalue weighted by Crippen LogP contribution is 2.13. The summed E-state index contributed by atoms with van der Waals surface area (Å²) in [7, 11) is 0. The van der Waals surface area contributed by atoms with E-state index in [4.69, 9.17) is 9.84 Å². The first kappa shape index (κ1) is 16.7. The summed E-state index contributed by atoms with van der Waals surface area (Å²) in [6.45, 7) is 4.18. The molecule has 112 valence electrons. The largest absolute Gasteiger partial charge is 0.481 e.